The molecule has 2 heterocycles. The van der Waals surface area contributed by atoms with Gasteiger partial charge in [0.05, 0.1) is 20.0 Å². The van der Waals surface area contributed by atoms with E-state index in [1.165, 1.54) is 0 Å². The molecule has 2 aromatic carbocycles. The number of carbonyl (C=O) groups is 1. The minimum absolute atomic E-state index is 0.259. The highest BCUT2D eigenvalue weighted by Crippen LogP contribution is 2.40. The Bertz CT molecular complexity index is 1310. The van der Waals surface area contributed by atoms with E-state index in [4.69, 9.17) is 13.9 Å². The molecule has 0 spiro atoms. The van der Waals surface area contributed by atoms with Crippen LogP contribution in [0.15, 0.2) is 71.5 Å². The zero-order valence-corrected chi connectivity index (χ0v) is 19.1. The van der Waals surface area contributed by atoms with Crippen LogP contribution in [-0.4, -0.2) is 24.6 Å². The number of hydrogen-bond donors (Lipinski definition) is 1. The van der Waals surface area contributed by atoms with Crippen molar-refractivity contribution in [1.29, 1.82) is 0 Å². The normalized spacial score (nSPS) is 11.5. The van der Waals surface area contributed by atoms with Crippen LogP contribution in [0, 0.1) is 6.92 Å². The summed E-state index contributed by atoms with van der Waals surface area (Å²) in [5.74, 6) is 1.74. The number of rotatable bonds is 7. The van der Waals surface area contributed by atoms with Crippen molar-refractivity contribution >= 4 is 28.3 Å². The first-order valence-electron chi connectivity index (χ1n) is 10.7. The van der Waals surface area contributed by atoms with Gasteiger partial charge >= 0.3 is 0 Å². The van der Waals surface area contributed by atoms with Gasteiger partial charge in [-0.2, -0.15) is 0 Å². The van der Waals surface area contributed by atoms with Crippen LogP contribution in [-0.2, 0) is 4.79 Å². The molecule has 1 N–H and O–H groups in total. The van der Waals surface area contributed by atoms with Crippen LogP contribution in [0.25, 0.3) is 27.7 Å². The quantitative estimate of drug-likeness (QED) is 0.342. The molecule has 1 amide bonds. The van der Waals surface area contributed by atoms with Gasteiger partial charge in [-0.3, -0.25) is 4.79 Å². The van der Waals surface area contributed by atoms with E-state index >= 15 is 0 Å². The number of furan rings is 1. The number of benzene rings is 2. The Hall–Kier alpha value is -4.06. The van der Waals surface area contributed by atoms with Crippen molar-refractivity contribution < 1.29 is 18.7 Å². The van der Waals surface area contributed by atoms with Crippen molar-refractivity contribution in [2.75, 3.05) is 19.0 Å². The van der Waals surface area contributed by atoms with Gasteiger partial charge in [0, 0.05) is 34.3 Å². The predicted octanol–water partition coefficient (Wildman–Crippen LogP) is 6.25. The molecule has 0 aliphatic carbocycles. The maximum atomic E-state index is 12.6. The van der Waals surface area contributed by atoms with Gasteiger partial charge in [-0.05, 0) is 62.2 Å². The van der Waals surface area contributed by atoms with Crippen LogP contribution in [0.2, 0.25) is 0 Å². The second-order valence-electron chi connectivity index (χ2n) is 7.60. The molecule has 4 rings (SSSR count). The number of anilines is 1. The molecule has 0 saturated carbocycles. The van der Waals surface area contributed by atoms with Gasteiger partial charge in [-0.25, -0.2) is 4.98 Å². The number of aryl methyl sites for hydroxylation is 1. The summed E-state index contributed by atoms with van der Waals surface area (Å²) >= 11 is 0. The monoisotopic (exact) mass is 442 g/mol. The standard InChI is InChI=1S/C27H26N2O4/c1-5-32-20-11-9-19(10-12-20)23-16-33-27-18(3)26(31-4)21(15-22(23)27)17(2)14-25(30)29-24-8-6-7-13-28-24/h6-16H,5H2,1-4H3,(H,28,29,30)/b17-14+. The van der Waals surface area contributed by atoms with Crippen molar-refractivity contribution in [3.05, 3.63) is 78.2 Å². The van der Waals surface area contributed by atoms with Gasteiger partial charge in [0.25, 0.3) is 0 Å². The minimum atomic E-state index is -0.259. The van der Waals surface area contributed by atoms with Gasteiger partial charge in [0.2, 0.25) is 5.91 Å². The Morgan fingerprint density at radius 3 is 2.64 bits per heavy atom. The lowest BCUT2D eigenvalue weighted by Gasteiger charge is -2.13. The maximum Gasteiger partial charge on any atom is 0.249 e. The van der Waals surface area contributed by atoms with Crippen LogP contribution >= 0.6 is 0 Å². The molecule has 0 bridgehead atoms. The summed E-state index contributed by atoms with van der Waals surface area (Å²) in [6.07, 6.45) is 4.94. The number of nitrogens with zero attached hydrogens (tertiary/aromatic N) is 1. The lowest BCUT2D eigenvalue weighted by atomic mass is 9.96. The first-order valence-corrected chi connectivity index (χ1v) is 10.7. The summed E-state index contributed by atoms with van der Waals surface area (Å²) in [5.41, 5.74) is 5.20. The number of carbonyl (C=O) groups excluding carboxylic acids is 1. The molecular weight excluding hydrogens is 416 g/mol. The minimum Gasteiger partial charge on any atom is -0.496 e. The van der Waals surface area contributed by atoms with E-state index < -0.39 is 0 Å². The number of amides is 1. The fraction of sp³-hybridized carbons (Fsp3) is 0.185. The number of hydrogen-bond acceptors (Lipinski definition) is 5. The van der Waals surface area contributed by atoms with Crippen LogP contribution in [0.3, 0.4) is 0 Å². The SMILES string of the molecule is CCOc1ccc(-c2coc3c(C)c(OC)c(/C(C)=C/C(=O)Nc4ccccn4)cc23)cc1. The first kappa shape index (κ1) is 22.1. The Morgan fingerprint density at radius 2 is 1.97 bits per heavy atom. The average Bonchev–Trinajstić information content (AvgIpc) is 3.24. The van der Waals surface area contributed by atoms with E-state index in [9.17, 15) is 4.79 Å². The van der Waals surface area contributed by atoms with Gasteiger partial charge in [0.15, 0.2) is 0 Å². The van der Waals surface area contributed by atoms with Gasteiger partial charge in [-0.15, -0.1) is 0 Å². The molecule has 33 heavy (non-hydrogen) atoms. The summed E-state index contributed by atoms with van der Waals surface area (Å²) < 4.78 is 17.2. The zero-order valence-electron chi connectivity index (χ0n) is 19.1. The molecule has 6 nitrogen and oxygen atoms in total. The molecule has 0 aliphatic rings. The Kier molecular flexibility index (Phi) is 6.45. The zero-order chi connectivity index (χ0) is 23.4. The Balaban J connectivity index is 1.74. The molecule has 168 valence electrons. The topological polar surface area (TPSA) is 73.6 Å². The number of nitrogens with one attached hydrogen (secondary N) is 1. The fourth-order valence-electron chi connectivity index (χ4n) is 3.87. The number of fused-ring (bicyclic) bond motifs is 1. The van der Waals surface area contributed by atoms with Crippen LogP contribution < -0.4 is 14.8 Å². The van der Waals surface area contributed by atoms with Crippen LogP contribution in [0.4, 0.5) is 5.82 Å². The lowest BCUT2D eigenvalue weighted by Crippen LogP contribution is -2.09. The van der Waals surface area contributed by atoms with Gasteiger partial charge in [-0.1, -0.05) is 18.2 Å². The highest BCUT2D eigenvalue weighted by atomic mass is 16.5. The third kappa shape index (κ3) is 4.60. The van der Waals surface area contributed by atoms with Crippen molar-refractivity contribution in [3.63, 3.8) is 0 Å². The van der Waals surface area contributed by atoms with Crippen LogP contribution in [0.5, 0.6) is 11.5 Å². The third-order valence-electron chi connectivity index (χ3n) is 5.41. The summed E-state index contributed by atoms with van der Waals surface area (Å²) in [6, 6.07) is 15.3. The molecule has 0 radical (unpaired) electrons. The third-order valence-corrected chi connectivity index (χ3v) is 5.41. The lowest BCUT2D eigenvalue weighted by molar-refractivity contribution is -0.111. The van der Waals surface area contributed by atoms with Gasteiger partial charge in [0.1, 0.15) is 22.9 Å². The Labute approximate surface area is 192 Å². The number of aromatic nitrogens is 1. The van der Waals surface area contributed by atoms with E-state index in [1.54, 1.807) is 37.8 Å². The smallest absolute Gasteiger partial charge is 0.249 e. The molecule has 0 saturated heterocycles. The molecule has 6 heteroatoms. The van der Waals surface area contributed by atoms with Crippen molar-refractivity contribution in [1.82, 2.24) is 4.98 Å². The van der Waals surface area contributed by atoms with E-state index in [2.05, 4.69) is 10.3 Å². The Morgan fingerprint density at radius 1 is 1.18 bits per heavy atom. The van der Waals surface area contributed by atoms with Crippen molar-refractivity contribution in [3.8, 4) is 22.6 Å². The summed E-state index contributed by atoms with van der Waals surface area (Å²) in [7, 11) is 1.62. The molecule has 4 aromatic rings. The van der Waals surface area contributed by atoms with E-state index in [1.807, 2.05) is 57.2 Å². The van der Waals surface area contributed by atoms with E-state index in [-0.39, 0.29) is 5.91 Å². The number of allylic oxidation sites excluding steroid dienone is 1. The van der Waals surface area contributed by atoms with Crippen molar-refractivity contribution in [2.24, 2.45) is 0 Å². The maximum absolute atomic E-state index is 12.6. The molecule has 0 atom stereocenters. The number of pyridine rings is 1. The summed E-state index contributed by atoms with van der Waals surface area (Å²) in [5, 5.41) is 3.73. The van der Waals surface area contributed by atoms with E-state index in [0.29, 0.717) is 18.2 Å². The largest absolute Gasteiger partial charge is 0.496 e. The highest BCUT2D eigenvalue weighted by Gasteiger charge is 2.19. The van der Waals surface area contributed by atoms with Crippen molar-refractivity contribution in [2.45, 2.75) is 20.8 Å². The summed E-state index contributed by atoms with van der Waals surface area (Å²) in [4.78, 5) is 16.7. The van der Waals surface area contributed by atoms with Crippen LogP contribution in [0.1, 0.15) is 25.0 Å². The number of ether oxygens (including phenoxy) is 2. The molecule has 0 fully saturated rings. The van der Waals surface area contributed by atoms with Gasteiger partial charge < -0.3 is 19.2 Å². The number of methoxy groups -OCH3 is 1. The fourth-order valence-corrected chi connectivity index (χ4v) is 3.87. The molecule has 2 aromatic heterocycles. The predicted molar refractivity (Wildman–Crippen MR) is 131 cm³/mol. The first-order chi connectivity index (χ1) is 16.0. The molecule has 0 aliphatic heterocycles. The van der Waals surface area contributed by atoms with E-state index in [0.717, 1.165) is 44.5 Å². The molecule has 0 unspecified atom stereocenters. The second-order valence-corrected chi connectivity index (χ2v) is 7.60. The second kappa shape index (κ2) is 9.61. The molecular formula is C27H26N2O4. The summed E-state index contributed by atoms with van der Waals surface area (Å²) in [6.45, 7) is 6.42. The average molecular weight is 443 g/mol. The highest BCUT2D eigenvalue weighted by molar-refractivity contribution is 6.05.